The monoisotopic (exact) mass is 369 g/mol. The highest BCUT2D eigenvalue weighted by molar-refractivity contribution is 5.77. The Hall–Kier alpha value is -3.49. The summed E-state index contributed by atoms with van der Waals surface area (Å²) in [5.41, 5.74) is 0.922. The first-order valence-corrected chi connectivity index (χ1v) is 8.44. The number of benzene rings is 1. The molecule has 1 aromatic carbocycles. The van der Waals surface area contributed by atoms with Crippen LogP contribution in [0.5, 0.6) is 0 Å². The van der Waals surface area contributed by atoms with Gasteiger partial charge in [-0.1, -0.05) is 26.0 Å². The second kappa shape index (κ2) is 7.40. The molecule has 9 heteroatoms. The van der Waals surface area contributed by atoms with Crippen LogP contribution in [-0.4, -0.2) is 25.4 Å². The van der Waals surface area contributed by atoms with Gasteiger partial charge in [0.2, 0.25) is 5.91 Å². The van der Waals surface area contributed by atoms with E-state index in [1.165, 1.54) is 0 Å². The topological polar surface area (TPSA) is 123 Å². The van der Waals surface area contributed by atoms with Crippen molar-refractivity contribution in [3.8, 4) is 0 Å². The van der Waals surface area contributed by atoms with Gasteiger partial charge in [0.05, 0.1) is 28.2 Å². The van der Waals surface area contributed by atoms with Gasteiger partial charge in [0, 0.05) is 12.1 Å². The zero-order chi connectivity index (χ0) is 19.6. The van der Waals surface area contributed by atoms with E-state index >= 15 is 0 Å². The molecule has 0 aliphatic carbocycles. The Kier molecular flexibility index (Phi) is 5.02. The fourth-order valence-electron chi connectivity index (χ4n) is 2.79. The zero-order valence-corrected chi connectivity index (χ0v) is 14.9. The van der Waals surface area contributed by atoms with Gasteiger partial charge in [-0.3, -0.25) is 24.3 Å². The van der Waals surface area contributed by atoms with E-state index in [9.17, 15) is 19.7 Å². The summed E-state index contributed by atoms with van der Waals surface area (Å²) in [4.78, 5) is 42.3. The predicted octanol–water partition coefficient (Wildman–Crippen LogP) is 2.15. The lowest BCUT2D eigenvalue weighted by Gasteiger charge is -2.20. The van der Waals surface area contributed by atoms with Gasteiger partial charge in [-0.25, -0.2) is 4.98 Å². The summed E-state index contributed by atoms with van der Waals surface area (Å²) >= 11 is 0. The number of pyridine rings is 1. The highest BCUT2D eigenvalue weighted by Gasteiger charge is 2.22. The summed E-state index contributed by atoms with van der Waals surface area (Å²) in [7, 11) is 0. The Morgan fingerprint density at radius 3 is 2.70 bits per heavy atom. The molecule has 0 aliphatic rings. The number of para-hydroxylation sites is 2. The summed E-state index contributed by atoms with van der Waals surface area (Å²) in [5.74, 6) is 0.221. The van der Waals surface area contributed by atoms with Gasteiger partial charge in [0.25, 0.3) is 11.2 Å². The maximum atomic E-state index is 12.5. The molecule has 0 radical (unpaired) electrons. The molecule has 0 unspecified atom stereocenters. The largest absolute Gasteiger partial charge is 0.344 e. The Balaban J connectivity index is 1.81. The number of hydrogen-bond donors (Lipinski definition) is 2. The van der Waals surface area contributed by atoms with E-state index in [0.29, 0.717) is 5.82 Å². The average Bonchev–Trinajstić information content (AvgIpc) is 3.04. The summed E-state index contributed by atoms with van der Waals surface area (Å²) in [6.45, 7) is 3.57. The number of carbonyl (C=O) groups is 1. The van der Waals surface area contributed by atoms with Crippen LogP contribution in [-0.2, 0) is 11.3 Å². The summed E-state index contributed by atoms with van der Waals surface area (Å²) in [6, 6.07) is 9.34. The van der Waals surface area contributed by atoms with Crippen molar-refractivity contribution in [2.45, 2.75) is 26.4 Å². The molecule has 140 valence electrons. The van der Waals surface area contributed by atoms with E-state index in [1.807, 2.05) is 38.1 Å². The molecule has 0 spiro atoms. The van der Waals surface area contributed by atoms with Gasteiger partial charge in [-0.2, -0.15) is 0 Å². The van der Waals surface area contributed by atoms with Crippen molar-refractivity contribution in [3.63, 3.8) is 0 Å². The van der Waals surface area contributed by atoms with Crippen LogP contribution in [0.4, 0.5) is 5.69 Å². The van der Waals surface area contributed by atoms with Crippen molar-refractivity contribution in [2.24, 2.45) is 5.92 Å². The molecule has 3 aromatic rings. The third-order valence-electron chi connectivity index (χ3n) is 4.18. The van der Waals surface area contributed by atoms with Gasteiger partial charge >= 0.3 is 0 Å². The normalized spacial score (nSPS) is 12.3. The summed E-state index contributed by atoms with van der Waals surface area (Å²) in [5, 5.41) is 13.7. The average molecular weight is 369 g/mol. The van der Waals surface area contributed by atoms with Crippen molar-refractivity contribution in [2.75, 3.05) is 0 Å². The van der Waals surface area contributed by atoms with E-state index in [1.54, 1.807) is 0 Å². The standard InChI is InChI=1S/C18H19N5O4/c1-11(2)17(18-19-13-5-3-4-6-14(13)20-18)21-15(24)10-22-9-12(23(26)27)7-8-16(22)25/h3-9,11,17H,10H2,1-2H3,(H,19,20)(H,21,24)/t17-/m0/s1. The Morgan fingerprint density at radius 1 is 1.30 bits per heavy atom. The number of nitrogens with one attached hydrogen (secondary N) is 2. The minimum Gasteiger partial charge on any atom is -0.344 e. The Morgan fingerprint density at radius 2 is 2.04 bits per heavy atom. The van der Waals surface area contributed by atoms with Gasteiger partial charge in [-0.15, -0.1) is 0 Å². The number of aromatic amines is 1. The van der Waals surface area contributed by atoms with E-state index in [-0.39, 0.29) is 24.2 Å². The quantitative estimate of drug-likeness (QED) is 0.509. The molecule has 0 saturated heterocycles. The number of amides is 1. The summed E-state index contributed by atoms with van der Waals surface area (Å²) in [6.07, 6.45) is 1.06. The van der Waals surface area contributed by atoms with Crippen LogP contribution in [0, 0.1) is 16.0 Å². The SMILES string of the molecule is CC(C)[C@H](NC(=O)Cn1cc([N+](=O)[O-])ccc1=O)c1nc2ccccc2[nH]1. The molecular formula is C18H19N5O4. The molecule has 9 nitrogen and oxygen atoms in total. The first kappa shape index (κ1) is 18.3. The van der Waals surface area contributed by atoms with Crippen LogP contribution < -0.4 is 10.9 Å². The minimum absolute atomic E-state index is 0.0383. The molecule has 1 amide bonds. The molecule has 3 rings (SSSR count). The van der Waals surface area contributed by atoms with E-state index in [4.69, 9.17) is 0 Å². The molecule has 0 saturated carbocycles. The lowest BCUT2D eigenvalue weighted by molar-refractivity contribution is -0.385. The number of carbonyl (C=O) groups excluding carboxylic acids is 1. The van der Waals surface area contributed by atoms with Gasteiger partial charge < -0.3 is 10.3 Å². The third-order valence-corrected chi connectivity index (χ3v) is 4.18. The van der Waals surface area contributed by atoms with E-state index in [2.05, 4.69) is 15.3 Å². The molecule has 2 aromatic heterocycles. The predicted molar refractivity (Wildman–Crippen MR) is 99.2 cm³/mol. The van der Waals surface area contributed by atoms with Crippen LogP contribution in [0.2, 0.25) is 0 Å². The molecule has 2 heterocycles. The fraction of sp³-hybridized carbons (Fsp3) is 0.278. The maximum Gasteiger partial charge on any atom is 0.285 e. The Labute approximate surface area is 154 Å². The third kappa shape index (κ3) is 4.02. The molecule has 0 fully saturated rings. The number of fused-ring (bicyclic) bond motifs is 1. The molecule has 0 bridgehead atoms. The smallest absolute Gasteiger partial charge is 0.285 e. The van der Waals surface area contributed by atoms with Crippen LogP contribution in [0.15, 0.2) is 47.4 Å². The van der Waals surface area contributed by atoms with E-state index < -0.39 is 16.4 Å². The van der Waals surface area contributed by atoms with Crippen LogP contribution in [0.1, 0.15) is 25.7 Å². The number of nitrogens with zero attached hydrogens (tertiary/aromatic N) is 3. The molecule has 0 aliphatic heterocycles. The Bertz CT molecular complexity index is 1020. The minimum atomic E-state index is -0.612. The van der Waals surface area contributed by atoms with Gasteiger partial charge in [0.1, 0.15) is 12.4 Å². The number of imidazole rings is 1. The molecule has 2 N–H and O–H groups in total. The van der Waals surface area contributed by atoms with Gasteiger partial charge in [0.15, 0.2) is 0 Å². The lowest BCUT2D eigenvalue weighted by Crippen LogP contribution is -2.36. The highest BCUT2D eigenvalue weighted by atomic mass is 16.6. The van der Waals surface area contributed by atoms with Crippen LogP contribution in [0.25, 0.3) is 11.0 Å². The first-order chi connectivity index (χ1) is 12.8. The zero-order valence-electron chi connectivity index (χ0n) is 14.9. The number of nitro groups is 1. The molecule has 1 atom stereocenters. The number of aromatic nitrogens is 3. The second-order valence-corrected chi connectivity index (χ2v) is 6.54. The second-order valence-electron chi connectivity index (χ2n) is 6.54. The maximum absolute atomic E-state index is 12.5. The van der Waals surface area contributed by atoms with Gasteiger partial charge in [-0.05, 0) is 18.1 Å². The molecule has 27 heavy (non-hydrogen) atoms. The van der Waals surface area contributed by atoms with E-state index in [0.717, 1.165) is 33.9 Å². The first-order valence-electron chi connectivity index (χ1n) is 8.44. The summed E-state index contributed by atoms with van der Waals surface area (Å²) < 4.78 is 1.02. The van der Waals surface area contributed by atoms with Crippen molar-refractivity contribution in [1.29, 1.82) is 0 Å². The lowest BCUT2D eigenvalue weighted by atomic mass is 10.0. The number of rotatable bonds is 6. The van der Waals surface area contributed by atoms with Crippen LogP contribution in [0.3, 0.4) is 0 Å². The van der Waals surface area contributed by atoms with Crippen molar-refractivity contribution < 1.29 is 9.72 Å². The van der Waals surface area contributed by atoms with Crippen molar-refractivity contribution in [1.82, 2.24) is 19.9 Å². The van der Waals surface area contributed by atoms with Crippen LogP contribution >= 0.6 is 0 Å². The fourth-order valence-corrected chi connectivity index (χ4v) is 2.79. The number of H-pyrrole nitrogens is 1. The molecular weight excluding hydrogens is 350 g/mol. The van der Waals surface area contributed by atoms with Crippen molar-refractivity contribution >= 4 is 22.6 Å². The number of hydrogen-bond acceptors (Lipinski definition) is 5. The highest BCUT2D eigenvalue weighted by Crippen LogP contribution is 2.22. The van der Waals surface area contributed by atoms with Crippen molar-refractivity contribution in [3.05, 3.63) is 68.9 Å².